The molecule has 128 valence electrons. The molecule has 0 aliphatic carbocycles. The van der Waals surface area contributed by atoms with Gasteiger partial charge in [0.05, 0.1) is 19.9 Å². The van der Waals surface area contributed by atoms with Crippen molar-refractivity contribution in [2.75, 3.05) is 26.1 Å². The predicted octanol–water partition coefficient (Wildman–Crippen LogP) is 4.03. The fraction of sp³-hybridized carbons (Fsp3) is 0.235. The number of hydrogen-bond acceptors (Lipinski definition) is 3. The molecule has 0 radical (unpaired) electrons. The van der Waals surface area contributed by atoms with Crippen molar-refractivity contribution in [3.8, 4) is 11.5 Å². The first kappa shape index (κ1) is 18.3. The highest BCUT2D eigenvalue weighted by molar-refractivity contribution is 7.80. The molecule has 0 unspecified atom stereocenters. The maximum absolute atomic E-state index is 13.7. The van der Waals surface area contributed by atoms with E-state index in [4.69, 9.17) is 33.3 Å². The number of benzene rings is 2. The summed E-state index contributed by atoms with van der Waals surface area (Å²) in [6, 6.07) is 10.1. The zero-order valence-corrected chi connectivity index (χ0v) is 14.9. The van der Waals surface area contributed by atoms with Gasteiger partial charge in [-0.25, -0.2) is 4.39 Å². The third-order valence-electron chi connectivity index (χ3n) is 3.33. The highest BCUT2D eigenvalue weighted by Crippen LogP contribution is 2.27. The van der Waals surface area contributed by atoms with Crippen LogP contribution in [0.15, 0.2) is 36.4 Å². The second-order valence-electron chi connectivity index (χ2n) is 4.94. The van der Waals surface area contributed by atoms with Gasteiger partial charge in [0.25, 0.3) is 0 Å². The number of nitrogens with one attached hydrogen (secondary N) is 2. The number of thiocarbonyl (C=S) groups is 1. The minimum Gasteiger partial charge on any atom is -0.493 e. The van der Waals surface area contributed by atoms with E-state index in [1.807, 2.05) is 18.2 Å². The molecule has 0 spiro atoms. The Morgan fingerprint density at radius 1 is 1.12 bits per heavy atom. The van der Waals surface area contributed by atoms with E-state index in [0.717, 1.165) is 12.0 Å². The molecule has 0 saturated carbocycles. The Labute approximate surface area is 150 Å². The van der Waals surface area contributed by atoms with Crippen LogP contribution in [0.2, 0.25) is 5.02 Å². The van der Waals surface area contributed by atoms with Crippen LogP contribution < -0.4 is 20.1 Å². The molecular formula is C17H18ClFN2O2S. The van der Waals surface area contributed by atoms with Gasteiger partial charge >= 0.3 is 0 Å². The summed E-state index contributed by atoms with van der Waals surface area (Å²) in [4.78, 5) is 0. The Hall–Kier alpha value is -2.05. The molecule has 0 amide bonds. The van der Waals surface area contributed by atoms with Crippen molar-refractivity contribution in [2.24, 2.45) is 0 Å². The smallest absolute Gasteiger partial charge is 0.170 e. The fourth-order valence-corrected chi connectivity index (χ4v) is 2.48. The summed E-state index contributed by atoms with van der Waals surface area (Å²) in [5.74, 6) is 0.912. The van der Waals surface area contributed by atoms with Gasteiger partial charge < -0.3 is 20.1 Å². The molecule has 0 aromatic heterocycles. The number of ether oxygens (including phenoxy) is 2. The molecule has 24 heavy (non-hydrogen) atoms. The summed E-state index contributed by atoms with van der Waals surface area (Å²) in [7, 11) is 3.19. The lowest BCUT2D eigenvalue weighted by molar-refractivity contribution is 0.354. The van der Waals surface area contributed by atoms with Gasteiger partial charge in [-0.05, 0) is 54.5 Å². The fourth-order valence-electron chi connectivity index (χ4n) is 2.11. The summed E-state index contributed by atoms with van der Waals surface area (Å²) in [6.07, 6.45) is 0.727. The number of methoxy groups -OCH3 is 2. The van der Waals surface area contributed by atoms with E-state index >= 15 is 0 Å². The van der Waals surface area contributed by atoms with Crippen LogP contribution in [0.4, 0.5) is 10.1 Å². The molecule has 0 fully saturated rings. The Balaban J connectivity index is 1.86. The molecule has 2 N–H and O–H groups in total. The summed E-state index contributed by atoms with van der Waals surface area (Å²) in [5.41, 5.74) is 1.35. The third kappa shape index (κ3) is 4.97. The number of anilines is 1. The van der Waals surface area contributed by atoms with Crippen LogP contribution in [0.5, 0.6) is 11.5 Å². The lowest BCUT2D eigenvalue weighted by Crippen LogP contribution is -2.30. The molecule has 0 bridgehead atoms. The number of hydrogen-bond donors (Lipinski definition) is 2. The average molecular weight is 369 g/mol. The van der Waals surface area contributed by atoms with Crippen LogP contribution in [-0.2, 0) is 6.42 Å². The van der Waals surface area contributed by atoms with Crippen molar-refractivity contribution in [1.82, 2.24) is 5.32 Å². The van der Waals surface area contributed by atoms with E-state index in [1.54, 1.807) is 26.4 Å². The van der Waals surface area contributed by atoms with Crippen LogP contribution in [0.1, 0.15) is 5.56 Å². The van der Waals surface area contributed by atoms with Crippen LogP contribution in [0.25, 0.3) is 0 Å². The van der Waals surface area contributed by atoms with Crippen LogP contribution in [0.3, 0.4) is 0 Å². The van der Waals surface area contributed by atoms with Gasteiger partial charge in [-0.2, -0.15) is 0 Å². The second kappa shape index (κ2) is 8.70. The topological polar surface area (TPSA) is 42.5 Å². The molecule has 2 rings (SSSR count). The zero-order valence-electron chi connectivity index (χ0n) is 13.4. The molecule has 0 heterocycles. The van der Waals surface area contributed by atoms with Crippen molar-refractivity contribution in [1.29, 1.82) is 0 Å². The molecule has 0 aliphatic heterocycles. The third-order valence-corrected chi connectivity index (χ3v) is 3.81. The maximum atomic E-state index is 13.7. The monoisotopic (exact) mass is 368 g/mol. The molecule has 0 saturated heterocycles. The van der Waals surface area contributed by atoms with E-state index in [9.17, 15) is 4.39 Å². The second-order valence-corrected chi connectivity index (χ2v) is 5.79. The first-order valence-electron chi connectivity index (χ1n) is 7.24. The van der Waals surface area contributed by atoms with Crippen LogP contribution >= 0.6 is 23.8 Å². The first-order valence-corrected chi connectivity index (χ1v) is 8.03. The maximum Gasteiger partial charge on any atom is 0.170 e. The van der Waals surface area contributed by atoms with Crippen LogP contribution in [0, 0.1) is 5.82 Å². The molecule has 0 aliphatic rings. The van der Waals surface area contributed by atoms with E-state index in [-0.39, 0.29) is 5.69 Å². The molecule has 4 nitrogen and oxygen atoms in total. The average Bonchev–Trinajstić information content (AvgIpc) is 2.57. The quantitative estimate of drug-likeness (QED) is 0.754. The van der Waals surface area contributed by atoms with Gasteiger partial charge in [0.2, 0.25) is 0 Å². The molecule has 0 atom stereocenters. The van der Waals surface area contributed by atoms with E-state index in [1.165, 1.54) is 6.07 Å². The number of halogens is 2. The Morgan fingerprint density at radius 3 is 2.54 bits per heavy atom. The van der Waals surface area contributed by atoms with Gasteiger partial charge in [0, 0.05) is 11.6 Å². The first-order chi connectivity index (χ1) is 11.5. The molecule has 7 heteroatoms. The van der Waals surface area contributed by atoms with Gasteiger partial charge in [-0.3, -0.25) is 0 Å². The summed E-state index contributed by atoms with van der Waals surface area (Å²) in [6.45, 7) is 0.594. The minimum absolute atomic E-state index is 0.281. The van der Waals surface area contributed by atoms with E-state index in [2.05, 4.69) is 10.6 Å². The highest BCUT2D eigenvalue weighted by Gasteiger charge is 2.06. The van der Waals surface area contributed by atoms with Gasteiger partial charge in [0.15, 0.2) is 16.6 Å². The SMILES string of the molecule is COc1ccc(CCNC(=S)Nc2ccc(Cl)cc2F)cc1OC. The molecule has 2 aromatic carbocycles. The minimum atomic E-state index is -0.452. The Bertz CT molecular complexity index is 728. The summed E-state index contributed by atoms with van der Waals surface area (Å²) in [5, 5.41) is 6.53. The van der Waals surface area contributed by atoms with Crippen molar-refractivity contribution in [3.05, 3.63) is 52.8 Å². The Morgan fingerprint density at radius 2 is 1.88 bits per heavy atom. The van der Waals surface area contributed by atoms with Crippen molar-refractivity contribution < 1.29 is 13.9 Å². The lowest BCUT2D eigenvalue weighted by Gasteiger charge is -2.12. The van der Waals surface area contributed by atoms with Crippen LogP contribution in [-0.4, -0.2) is 25.9 Å². The van der Waals surface area contributed by atoms with Gasteiger partial charge in [-0.1, -0.05) is 17.7 Å². The predicted molar refractivity (Wildman–Crippen MR) is 98.9 cm³/mol. The van der Waals surface area contributed by atoms with Crippen molar-refractivity contribution in [3.63, 3.8) is 0 Å². The highest BCUT2D eigenvalue weighted by atomic mass is 35.5. The van der Waals surface area contributed by atoms with Crippen molar-refractivity contribution >= 4 is 34.6 Å². The van der Waals surface area contributed by atoms with E-state index in [0.29, 0.717) is 28.2 Å². The zero-order chi connectivity index (χ0) is 17.5. The summed E-state index contributed by atoms with van der Waals surface area (Å²) >= 11 is 10.9. The van der Waals surface area contributed by atoms with Crippen molar-refractivity contribution in [2.45, 2.75) is 6.42 Å². The normalized spacial score (nSPS) is 10.2. The molecule has 2 aromatic rings. The standard InChI is InChI=1S/C17H18ClFN2O2S/c1-22-15-6-3-11(9-16(15)23-2)7-8-20-17(24)21-14-5-4-12(18)10-13(14)19/h3-6,9-10H,7-8H2,1-2H3,(H2,20,21,24). The largest absolute Gasteiger partial charge is 0.493 e. The lowest BCUT2D eigenvalue weighted by atomic mass is 10.1. The van der Waals surface area contributed by atoms with Gasteiger partial charge in [-0.15, -0.1) is 0 Å². The molecular weight excluding hydrogens is 351 g/mol. The van der Waals surface area contributed by atoms with E-state index < -0.39 is 5.82 Å². The Kier molecular flexibility index (Phi) is 6.63. The summed E-state index contributed by atoms with van der Waals surface area (Å²) < 4.78 is 24.2. The van der Waals surface area contributed by atoms with Gasteiger partial charge in [0.1, 0.15) is 5.82 Å². The number of rotatable bonds is 6.